The molecule has 0 N–H and O–H groups in total. The number of rotatable bonds is 4. The van der Waals surface area contributed by atoms with Crippen LogP contribution in [0.5, 0.6) is 0 Å². The Bertz CT molecular complexity index is 920. The average Bonchev–Trinajstić information content (AvgIpc) is 3.13. The van der Waals surface area contributed by atoms with Gasteiger partial charge in [-0.1, -0.05) is 51.1 Å². The van der Waals surface area contributed by atoms with E-state index in [9.17, 15) is 14.4 Å². The van der Waals surface area contributed by atoms with Gasteiger partial charge in [0.25, 0.3) is 0 Å². The highest BCUT2D eigenvalue weighted by Crippen LogP contribution is 2.66. The maximum Gasteiger partial charge on any atom is 0.139 e. The van der Waals surface area contributed by atoms with Crippen molar-refractivity contribution in [3.8, 4) is 0 Å². The van der Waals surface area contributed by atoms with Gasteiger partial charge in [-0.3, -0.25) is 14.4 Å². The normalized spacial score (nSPS) is 42.2. The number of carbonyl (C=O) groups excluding carboxylic acids is 3. The quantitative estimate of drug-likeness (QED) is 0.598. The molecule has 5 rings (SSSR count). The molecule has 4 aliphatic rings. The summed E-state index contributed by atoms with van der Waals surface area (Å²) in [5.74, 6) is 2.43. The van der Waals surface area contributed by atoms with Crippen LogP contribution in [0.3, 0.4) is 0 Å². The van der Waals surface area contributed by atoms with Crippen molar-refractivity contribution in [3.63, 3.8) is 0 Å². The second kappa shape index (κ2) is 7.92. The summed E-state index contributed by atoms with van der Waals surface area (Å²) >= 11 is 0. The Labute approximate surface area is 192 Å². The van der Waals surface area contributed by atoms with Crippen molar-refractivity contribution in [3.05, 3.63) is 35.9 Å². The van der Waals surface area contributed by atoms with Crippen LogP contribution in [0.1, 0.15) is 77.7 Å². The minimum Gasteiger partial charge on any atom is -0.300 e. The standard InChI is InChI=1S/C29H38O3/c1-18(9-10-19-7-5-4-6-8-19)22-11-12-23-27-24(17-26(32)29(22,23)3)28(2)14-13-21(30)15-20(28)16-25(27)31/h4-8,18,20,22-24,27H,9-17H2,1-3H3/t18-,20+,22-,23+,24+,27+,28+,29-/m1/s1. The summed E-state index contributed by atoms with van der Waals surface area (Å²) in [5.41, 5.74) is 0.975. The van der Waals surface area contributed by atoms with E-state index in [-0.39, 0.29) is 34.5 Å². The van der Waals surface area contributed by atoms with E-state index in [2.05, 4.69) is 51.1 Å². The summed E-state index contributed by atoms with van der Waals surface area (Å²) in [4.78, 5) is 39.5. The topological polar surface area (TPSA) is 51.2 Å². The molecule has 4 aliphatic carbocycles. The summed E-state index contributed by atoms with van der Waals surface area (Å²) in [5, 5.41) is 0. The van der Waals surface area contributed by atoms with Crippen molar-refractivity contribution in [2.24, 2.45) is 46.3 Å². The fraction of sp³-hybridized carbons (Fsp3) is 0.690. The van der Waals surface area contributed by atoms with Crippen molar-refractivity contribution in [2.75, 3.05) is 0 Å². The molecule has 3 nitrogen and oxygen atoms in total. The lowest BCUT2D eigenvalue weighted by atomic mass is 9.44. The van der Waals surface area contributed by atoms with Crippen molar-refractivity contribution in [1.29, 1.82) is 0 Å². The number of hydrogen-bond donors (Lipinski definition) is 0. The number of hydrogen-bond acceptors (Lipinski definition) is 3. The molecule has 0 aliphatic heterocycles. The molecule has 0 amide bonds. The first-order valence-electron chi connectivity index (χ1n) is 12.9. The van der Waals surface area contributed by atoms with Crippen molar-refractivity contribution < 1.29 is 14.4 Å². The van der Waals surface area contributed by atoms with E-state index < -0.39 is 0 Å². The third-order valence-corrected chi connectivity index (χ3v) is 10.6. The minimum atomic E-state index is -0.361. The Kier molecular flexibility index (Phi) is 5.46. The van der Waals surface area contributed by atoms with E-state index in [1.807, 2.05) is 0 Å². The van der Waals surface area contributed by atoms with E-state index in [1.54, 1.807) is 0 Å². The van der Waals surface area contributed by atoms with Gasteiger partial charge in [-0.25, -0.2) is 0 Å². The van der Waals surface area contributed by atoms with Crippen molar-refractivity contribution >= 4 is 17.3 Å². The fourth-order valence-electron chi connectivity index (χ4n) is 8.63. The molecule has 0 heterocycles. The van der Waals surface area contributed by atoms with Crippen LogP contribution in [0.25, 0.3) is 0 Å². The van der Waals surface area contributed by atoms with Gasteiger partial charge in [0.15, 0.2) is 0 Å². The van der Waals surface area contributed by atoms with Gasteiger partial charge in [-0.15, -0.1) is 0 Å². The average molecular weight is 435 g/mol. The van der Waals surface area contributed by atoms with Gasteiger partial charge >= 0.3 is 0 Å². The van der Waals surface area contributed by atoms with E-state index in [0.29, 0.717) is 54.9 Å². The number of fused-ring (bicyclic) bond motifs is 5. The molecular formula is C29H38O3. The first kappa shape index (κ1) is 22.0. The number of Topliss-reactive ketones (excluding diaryl/α,β-unsaturated/α-hetero) is 3. The molecular weight excluding hydrogens is 396 g/mol. The molecule has 0 aromatic heterocycles. The lowest BCUT2D eigenvalue weighted by Gasteiger charge is -2.58. The van der Waals surface area contributed by atoms with Gasteiger partial charge in [0.05, 0.1) is 0 Å². The second-order valence-corrected chi connectivity index (χ2v) is 12.0. The lowest BCUT2D eigenvalue weighted by Crippen LogP contribution is -2.60. The predicted molar refractivity (Wildman–Crippen MR) is 125 cm³/mol. The molecule has 0 unspecified atom stereocenters. The number of ketones is 3. The molecule has 32 heavy (non-hydrogen) atoms. The molecule has 0 radical (unpaired) electrons. The van der Waals surface area contributed by atoms with Gasteiger partial charge in [-0.2, -0.15) is 0 Å². The van der Waals surface area contributed by atoms with E-state index in [1.165, 1.54) is 5.56 Å². The van der Waals surface area contributed by atoms with Crippen LogP contribution < -0.4 is 0 Å². The number of carbonyl (C=O) groups is 3. The van der Waals surface area contributed by atoms with Crippen LogP contribution in [0.15, 0.2) is 30.3 Å². The molecule has 1 aromatic rings. The van der Waals surface area contributed by atoms with Crippen LogP contribution in [0.4, 0.5) is 0 Å². The zero-order valence-corrected chi connectivity index (χ0v) is 19.9. The Hall–Kier alpha value is -1.77. The van der Waals surface area contributed by atoms with E-state index in [4.69, 9.17) is 0 Å². The highest BCUT2D eigenvalue weighted by atomic mass is 16.1. The Morgan fingerprint density at radius 1 is 0.969 bits per heavy atom. The zero-order valence-electron chi connectivity index (χ0n) is 19.9. The highest BCUT2D eigenvalue weighted by Gasteiger charge is 2.66. The Morgan fingerprint density at radius 2 is 1.72 bits per heavy atom. The van der Waals surface area contributed by atoms with Crippen LogP contribution in [0.2, 0.25) is 0 Å². The van der Waals surface area contributed by atoms with E-state index >= 15 is 0 Å². The summed E-state index contributed by atoms with van der Waals surface area (Å²) < 4.78 is 0. The molecule has 4 saturated carbocycles. The molecule has 3 heteroatoms. The summed E-state index contributed by atoms with van der Waals surface area (Å²) in [6, 6.07) is 10.6. The van der Waals surface area contributed by atoms with Gasteiger partial charge in [0.2, 0.25) is 0 Å². The first-order valence-corrected chi connectivity index (χ1v) is 12.9. The van der Waals surface area contributed by atoms with Gasteiger partial charge in [0, 0.05) is 37.0 Å². The summed E-state index contributed by atoms with van der Waals surface area (Å²) in [6.45, 7) is 6.82. The van der Waals surface area contributed by atoms with Gasteiger partial charge in [0.1, 0.15) is 17.3 Å². The van der Waals surface area contributed by atoms with Crippen LogP contribution >= 0.6 is 0 Å². The maximum absolute atomic E-state index is 13.9. The van der Waals surface area contributed by atoms with Gasteiger partial charge in [-0.05, 0) is 72.7 Å². The predicted octanol–water partition coefficient (Wildman–Crippen LogP) is 5.84. The Balaban J connectivity index is 1.38. The summed E-state index contributed by atoms with van der Waals surface area (Å²) in [6.07, 6.45) is 7.34. The van der Waals surface area contributed by atoms with Crippen molar-refractivity contribution in [1.82, 2.24) is 0 Å². The molecule has 8 atom stereocenters. The molecule has 0 bridgehead atoms. The van der Waals surface area contributed by atoms with Crippen molar-refractivity contribution in [2.45, 2.75) is 78.6 Å². The lowest BCUT2D eigenvalue weighted by molar-refractivity contribution is -0.166. The monoisotopic (exact) mass is 434 g/mol. The van der Waals surface area contributed by atoms with E-state index in [0.717, 1.165) is 32.1 Å². The zero-order chi connectivity index (χ0) is 22.7. The largest absolute Gasteiger partial charge is 0.300 e. The first-order chi connectivity index (χ1) is 15.2. The Morgan fingerprint density at radius 3 is 2.47 bits per heavy atom. The molecule has 4 fully saturated rings. The molecule has 0 spiro atoms. The smallest absolute Gasteiger partial charge is 0.139 e. The maximum atomic E-state index is 13.9. The van der Waals surface area contributed by atoms with Crippen LogP contribution in [-0.2, 0) is 20.8 Å². The third-order valence-electron chi connectivity index (χ3n) is 10.6. The van der Waals surface area contributed by atoms with Crippen LogP contribution in [0, 0.1) is 46.3 Å². The molecule has 1 aromatic carbocycles. The number of aryl methyl sites for hydroxylation is 1. The highest BCUT2D eigenvalue weighted by molar-refractivity contribution is 5.93. The fourth-order valence-corrected chi connectivity index (χ4v) is 8.63. The van der Waals surface area contributed by atoms with Gasteiger partial charge < -0.3 is 0 Å². The third kappa shape index (κ3) is 3.25. The second-order valence-electron chi connectivity index (χ2n) is 12.0. The number of benzene rings is 1. The summed E-state index contributed by atoms with van der Waals surface area (Å²) in [7, 11) is 0. The SMILES string of the molecule is C[C@H](CCc1ccccc1)[C@H]1CC[C@H]2[C@@H]3C(=O)C[C@@H]4CC(=O)CC[C@]4(C)[C@H]3CC(=O)[C@]12C. The molecule has 172 valence electrons. The van der Waals surface area contributed by atoms with Crippen LogP contribution in [-0.4, -0.2) is 17.3 Å². The minimum absolute atomic E-state index is 0.0264. The molecule has 0 saturated heterocycles.